The number of aryl methyl sites for hydroxylation is 1. The maximum atomic E-state index is 11.2. The smallest absolute Gasteiger partial charge is 0.303 e. The van der Waals surface area contributed by atoms with E-state index >= 15 is 0 Å². The second kappa shape index (κ2) is 33.0. The molecule has 90 heavy (non-hydrogen) atoms. The SMILES string of the molecule is CC(C)(C)c1cc(C=NC2CCCCC2N=Cc2cc(C(C)(C)C)cc(C(C)(C)C)c2O)c(O)c(C(C)(C)C)c1.Cc1cc(C=NC2CCCCC2N=Cc2cc(C(C)(C)C)cc(C(C)(C)C)c2O)c(O)c(C(C)(C)C)c1.O=C(O)CCCCCC(=O)O.[Co].[Co]. The van der Waals surface area contributed by atoms with Crippen LogP contribution in [0.5, 0.6) is 23.0 Å². The first-order chi connectivity index (χ1) is 40.3. The zero-order valence-corrected chi connectivity index (χ0v) is 61.0. The van der Waals surface area contributed by atoms with E-state index in [1.165, 1.54) is 16.7 Å². The molecule has 0 bridgehead atoms. The molecule has 0 heterocycles. The van der Waals surface area contributed by atoms with Crippen LogP contribution in [0.3, 0.4) is 0 Å². The molecule has 504 valence electrons. The van der Waals surface area contributed by atoms with Gasteiger partial charge in [-0.2, -0.15) is 0 Å². The second-order valence-electron chi connectivity index (χ2n) is 32.2. The number of carboxylic acids is 2. The predicted octanol–water partition coefficient (Wildman–Crippen LogP) is 18.4. The molecule has 0 spiro atoms. The Morgan fingerprint density at radius 1 is 0.367 bits per heavy atom. The van der Waals surface area contributed by atoms with E-state index in [1.807, 2.05) is 30.9 Å². The molecule has 4 aromatic carbocycles. The van der Waals surface area contributed by atoms with Gasteiger partial charge in [-0.05, 0) is 130 Å². The molecule has 4 aromatic rings. The standard InChI is InChI=1S/C36H54N2O2.C33H48N2O2.C7H12O4.2Co/c1-33(2,3)25-17-23(31(39)27(19-25)35(7,8)9)21-37-29-15-13-14-16-30(29)38-22-24-18-26(34(4,5)6)20-28(32(24)40)36(10,11)12;1-21-15-22(29(36)25(16-21)32(5,6)7)19-34-27-13-11-12-14-28(27)35-20-23-17-24(31(2,3)4)18-26(30(23)37)33(8,9)10;8-6(9)4-2-1-3-5-7(10)11;;/h17-22,29-30,39-40H,13-16H2,1-12H3;15-20,27-28,36-37H,11-14H2,1-10H3;1-5H2,(H,8,9)(H,10,11);;. The third kappa shape index (κ3) is 24.3. The minimum absolute atomic E-state index is 0. The Morgan fingerprint density at radius 2 is 0.589 bits per heavy atom. The number of benzene rings is 4. The number of phenolic OH excluding ortho intramolecular Hbond substituents is 4. The molecule has 6 rings (SSSR count). The monoisotopic (exact) mass is 1330 g/mol. The molecule has 0 aromatic heterocycles. The second-order valence-corrected chi connectivity index (χ2v) is 32.2. The molecule has 14 heteroatoms. The first-order valence-corrected chi connectivity index (χ1v) is 32.3. The Kier molecular flexibility index (Phi) is 29.6. The number of aliphatic imine (C=N–C) groups is 4. The van der Waals surface area contributed by atoms with Gasteiger partial charge in [-0.1, -0.05) is 202 Å². The number of carbonyl (C=O) groups is 2. The molecule has 0 aliphatic heterocycles. The van der Waals surface area contributed by atoms with Crippen LogP contribution in [0.15, 0.2) is 68.5 Å². The van der Waals surface area contributed by atoms with Crippen LogP contribution in [0.1, 0.15) is 296 Å². The minimum Gasteiger partial charge on any atom is -0.507 e. The summed E-state index contributed by atoms with van der Waals surface area (Å²) in [5.41, 5.74) is 10.8. The fourth-order valence-corrected chi connectivity index (χ4v) is 11.1. The van der Waals surface area contributed by atoms with E-state index in [0.29, 0.717) is 42.3 Å². The molecule has 2 fully saturated rings. The van der Waals surface area contributed by atoms with Crippen molar-refractivity contribution in [3.8, 4) is 23.0 Å². The molecule has 6 N–H and O–H groups in total. The normalized spacial score (nSPS) is 18.0. The molecule has 2 aliphatic rings. The van der Waals surface area contributed by atoms with Crippen LogP contribution in [-0.4, -0.2) is 91.6 Å². The van der Waals surface area contributed by atoms with Gasteiger partial charge in [-0.3, -0.25) is 29.6 Å². The van der Waals surface area contributed by atoms with Crippen LogP contribution in [0.4, 0.5) is 0 Å². The average Bonchev–Trinajstić information content (AvgIpc) is 0.940. The summed E-state index contributed by atoms with van der Waals surface area (Å²) in [4.78, 5) is 40.0. The fraction of sp³-hybridized carbons (Fsp3) is 0.605. The Morgan fingerprint density at radius 3 is 0.800 bits per heavy atom. The van der Waals surface area contributed by atoms with E-state index in [1.54, 1.807) is 0 Å². The maximum Gasteiger partial charge on any atom is 0.303 e. The van der Waals surface area contributed by atoms with Crippen LogP contribution >= 0.6 is 0 Å². The Bertz CT molecular complexity index is 3030. The number of unbranched alkanes of at least 4 members (excludes halogenated alkanes) is 2. The van der Waals surface area contributed by atoms with Crippen molar-refractivity contribution in [2.75, 3.05) is 0 Å². The summed E-state index contributed by atoms with van der Waals surface area (Å²) in [6.45, 7) is 47.4. The summed E-state index contributed by atoms with van der Waals surface area (Å²) in [5.74, 6) is -0.367. The third-order valence-electron chi connectivity index (χ3n) is 16.8. The molecule has 12 nitrogen and oxygen atoms in total. The third-order valence-corrected chi connectivity index (χ3v) is 16.8. The number of phenols is 4. The van der Waals surface area contributed by atoms with Gasteiger partial charge in [0, 0.05) is 116 Å². The number of hydrogen-bond acceptors (Lipinski definition) is 10. The zero-order valence-electron chi connectivity index (χ0n) is 58.9. The van der Waals surface area contributed by atoms with E-state index in [-0.39, 0.29) is 108 Å². The van der Waals surface area contributed by atoms with Crippen molar-refractivity contribution in [3.63, 3.8) is 0 Å². The van der Waals surface area contributed by atoms with Crippen molar-refractivity contribution >= 4 is 36.8 Å². The van der Waals surface area contributed by atoms with Gasteiger partial charge in [0.05, 0.1) is 24.2 Å². The van der Waals surface area contributed by atoms with Gasteiger partial charge in [0.15, 0.2) is 0 Å². The molecule has 2 saturated carbocycles. The largest absolute Gasteiger partial charge is 0.507 e. The van der Waals surface area contributed by atoms with Gasteiger partial charge in [0.2, 0.25) is 0 Å². The van der Waals surface area contributed by atoms with Gasteiger partial charge >= 0.3 is 11.9 Å². The van der Waals surface area contributed by atoms with Crippen LogP contribution < -0.4 is 0 Å². The molecule has 2 radical (unpaired) electrons. The predicted molar refractivity (Wildman–Crippen MR) is 369 cm³/mol. The summed E-state index contributed by atoms with van der Waals surface area (Å²) >= 11 is 0. The molecular weight excluding hydrogens is 1210 g/mol. The molecule has 2 aliphatic carbocycles. The summed E-state index contributed by atoms with van der Waals surface area (Å²) in [6, 6.07) is 16.9. The molecule has 4 atom stereocenters. The van der Waals surface area contributed by atoms with Crippen molar-refractivity contribution in [1.29, 1.82) is 0 Å². The van der Waals surface area contributed by atoms with Gasteiger partial charge < -0.3 is 30.6 Å². The Hall–Kier alpha value is -5.29. The van der Waals surface area contributed by atoms with Crippen LogP contribution in [-0.2, 0) is 81.1 Å². The van der Waals surface area contributed by atoms with E-state index in [2.05, 4.69) is 195 Å². The van der Waals surface area contributed by atoms with Gasteiger partial charge in [0.1, 0.15) is 23.0 Å². The molecule has 4 unspecified atom stereocenters. The summed E-state index contributed by atoms with van der Waals surface area (Å²) < 4.78 is 0. The number of aromatic hydroxyl groups is 4. The summed E-state index contributed by atoms with van der Waals surface area (Å²) in [5, 5.41) is 61.0. The quantitative estimate of drug-likeness (QED) is 0.0528. The van der Waals surface area contributed by atoms with Crippen LogP contribution in [0, 0.1) is 6.92 Å². The van der Waals surface area contributed by atoms with E-state index in [0.717, 1.165) is 101 Å². The van der Waals surface area contributed by atoms with Gasteiger partial charge in [-0.15, -0.1) is 0 Å². The number of nitrogens with zero attached hydrogens (tertiary/aromatic N) is 4. The van der Waals surface area contributed by atoms with E-state index in [9.17, 15) is 30.0 Å². The number of aliphatic carboxylic acids is 2. The topological polar surface area (TPSA) is 205 Å². The first kappa shape index (κ1) is 80.8. The number of carboxylic acid groups (broad SMARTS) is 2. The Labute approximate surface area is 563 Å². The van der Waals surface area contributed by atoms with Crippen LogP contribution in [0.25, 0.3) is 0 Å². The van der Waals surface area contributed by atoms with Gasteiger partial charge in [0.25, 0.3) is 0 Å². The maximum absolute atomic E-state index is 11.2. The number of rotatable bonds is 14. The molecule has 0 amide bonds. The van der Waals surface area contributed by atoms with Crippen molar-refractivity contribution < 1.29 is 73.8 Å². The van der Waals surface area contributed by atoms with Crippen LogP contribution in [0.2, 0.25) is 0 Å². The summed E-state index contributed by atoms with van der Waals surface area (Å²) in [6.07, 6.45) is 17.9. The minimum atomic E-state index is -0.819. The van der Waals surface area contributed by atoms with Crippen molar-refractivity contribution in [3.05, 3.63) is 115 Å². The first-order valence-electron chi connectivity index (χ1n) is 32.3. The van der Waals surface area contributed by atoms with Crippen molar-refractivity contribution in [2.24, 2.45) is 20.0 Å². The summed E-state index contributed by atoms with van der Waals surface area (Å²) in [7, 11) is 0. The molecule has 0 saturated heterocycles. The van der Waals surface area contributed by atoms with E-state index < -0.39 is 11.9 Å². The average molecular weight is 1330 g/mol. The van der Waals surface area contributed by atoms with Gasteiger partial charge in [-0.25, -0.2) is 0 Å². The fourth-order valence-electron chi connectivity index (χ4n) is 11.1. The molecular formula is C76H114Co2N4O8. The zero-order chi connectivity index (χ0) is 66.7. The van der Waals surface area contributed by atoms with E-state index in [4.69, 9.17) is 30.2 Å². The van der Waals surface area contributed by atoms with Crippen molar-refractivity contribution in [2.45, 2.75) is 298 Å². The Balaban J connectivity index is 0.000000516. The number of hydrogen-bond donors (Lipinski definition) is 6. The van der Waals surface area contributed by atoms with Crippen molar-refractivity contribution in [1.82, 2.24) is 0 Å².